The number of unbranched alkanes of at least 4 members (excludes halogenated alkanes) is 1. The van der Waals surface area contributed by atoms with Crippen molar-refractivity contribution in [3.05, 3.63) is 5.82 Å². The second kappa shape index (κ2) is 11.4. The summed E-state index contributed by atoms with van der Waals surface area (Å²) in [4.78, 5) is 15.6. The van der Waals surface area contributed by atoms with Crippen molar-refractivity contribution < 1.29 is 14.6 Å². The number of nitrogens with one attached hydrogen (secondary N) is 1. The van der Waals surface area contributed by atoms with Gasteiger partial charge in [0, 0.05) is 19.6 Å². The van der Waals surface area contributed by atoms with Crippen LogP contribution >= 0.6 is 0 Å². The van der Waals surface area contributed by atoms with Gasteiger partial charge in [0.05, 0.1) is 0 Å². The van der Waals surface area contributed by atoms with Gasteiger partial charge in [-0.3, -0.25) is 4.90 Å². The van der Waals surface area contributed by atoms with E-state index in [0.29, 0.717) is 37.9 Å². The van der Waals surface area contributed by atoms with Crippen molar-refractivity contribution in [2.24, 2.45) is 5.92 Å². The fourth-order valence-electron chi connectivity index (χ4n) is 3.20. The van der Waals surface area contributed by atoms with Crippen molar-refractivity contribution in [3.8, 4) is 0 Å². The fraction of sp³-hybridized carbons (Fsp3) is 0.842. The lowest BCUT2D eigenvalue weighted by Crippen LogP contribution is -2.32. The lowest BCUT2D eigenvalue weighted by atomic mass is 9.82. The third-order valence-electron chi connectivity index (χ3n) is 4.82. The summed E-state index contributed by atoms with van der Waals surface area (Å²) in [5.41, 5.74) is 0. The Morgan fingerprint density at radius 1 is 1.19 bits per heavy atom. The normalized spacial score (nSPS) is 21.1. The van der Waals surface area contributed by atoms with Gasteiger partial charge < -0.3 is 19.9 Å². The number of rotatable bonds is 11. The standard InChI is InChI=1S/C19H35N5O3/c1-5-6-11-27-13-24(12-26-4)19-22-17(16-9-7-14(2)8-10-16)21-18(23-19)20-15(3)25/h14-16,25H,5-13H2,1-4H3,(H,20,21,22,23). The van der Waals surface area contributed by atoms with Crippen LogP contribution in [0.25, 0.3) is 0 Å². The summed E-state index contributed by atoms with van der Waals surface area (Å²) in [6.07, 6.45) is 5.89. The van der Waals surface area contributed by atoms with Crippen LogP contribution in [0.2, 0.25) is 0 Å². The first-order valence-electron chi connectivity index (χ1n) is 10.1. The highest BCUT2D eigenvalue weighted by molar-refractivity contribution is 5.37. The van der Waals surface area contributed by atoms with Crippen LogP contribution in [-0.2, 0) is 9.47 Å². The summed E-state index contributed by atoms with van der Waals surface area (Å²) in [7, 11) is 1.64. The molecule has 1 atom stereocenters. The Kier molecular flexibility index (Phi) is 9.17. The number of hydrogen-bond donors (Lipinski definition) is 2. The molecule has 1 aliphatic rings. The Morgan fingerprint density at radius 2 is 1.93 bits per heavy atom. The first kappa shape index (κ1) is 21.8. The van der Waals surface area contributed by atoms with E-state index in [-0.39, 0.29) is 0 Å². The van der Waals surface area contributed by atoms with E-state index in [4.69, 9.17) is 14.5 Å². The van der Waals surface area contributed by atoms with Gasteiger partial charge in [-0.1, -0.05) is 33.1 Å². The van der Waals surface area contributed by atoms with Crippen LogP contribution in [0.15, 0.2) is 0 Å². The summed E-state index contributed by atoms with van der Waals surface area (Å²) in [6.45, 7) is 7.44. The largest absolute Gasteiger partial charge is 0.374 e. The highest BCUT2D eigenvalue weighted by Crippen LogP contribution is 2.34. The molecule has 2 rings (SSSR count). The van der Waals surface area contributed by atoms with Gasteiger partial charge in [-0.05, 0) is 32.1 Å². The summed E-state index contributed by atoms with van der Waals surface area (Å²) in [6, 6.07) is 0. The number of aliphatic hydroxyl groups is 1. The van der Waals surface area contributed by atoms with Gasteiger partial charge in [0.1, 0.15) is 25.5 Å². The Hall–Kier alpha value is -1.51. The molecule has 1 fully saturated rings. The number of aliphatic hydroxyl groups excluding tert-OH is 1. The molecule has 154 valence electrons. The number of hydrogen-bond acceptors (Lipinski definition) is 8. The van der Waals surface area contributed by atoms with Crippen LogP contribution in [0.1, 0.15) is 71.0 Å². The average Bonchev–Trinajstić information content (AvgIpc) is 2.64. The molecule has 0 amide bonds. The molecule has 2 N–H and O–H groups in total. The van der Waals surface area contributed by atoms with E-state index in [1.807, 2.05) is 4.90 Å². The third kappa shape index (κ3) is 7.20. The van der Waals surface area contributed by atoms with E-state index in [2.05, 4.69) is 29.1 Å². The number of ether oxygens (including phenoxy) is 2. The van der Waals surface area contributed by atoms with Crippen molar-refractivity contribution in [1.82, 2.24) is 15.0 Å². The second-order valence-corrected chi connectivity index (χ2v) is 7.44. The molecule has 27 heavy (non-hydrogen) atoms. The number of aromatic nitrogens is 3. The summed E-state index contributed by atoms with van der Waals surface area (Å²) in [5.74, 6) is 2.76. The van der Waals surface area contributed by atoms with Crippen LogP contribution in [-0.4, -0.2) is 53.5 Å². The van der Waals surface area contributed by atoms with Gasteiger partial charge in [-0.15, -0.1) is 0 Å². The second-order valence-electron chi connectivity index (χ2n) is 7.44. The lowest BCUT2D eigenvalue weighted by Gasteiger charge is -2.27. The van der Waals surface area contributed by atoms with E-state index in [1.54, 1.807) is 14.0 Å². The maximum atomic E-state index is 9.70. The molecular weight excluding hydrogens is 346 g/mol. The molecule has 1 aromatic heterocycles. The molecule has 0 aromatic carbocycles. The van der Waals surface area contributed by atoms with Gasteiger partial charge in [0.15, 0.2) is 0 Å². The monoisotopic (exact) mass is 381 g/mol. The first-order valence-corrected chi connectivity index (χ1v) is 10.1. The van der Waals surface area contributed by atoms with Crippen LogP contribution in [0.4, 0.5) is 11.9 Å². The Balaban J connectivity index is 2.21. The quantitative estimate of drug-likeness (QED) is 0.446. The molecule has 1 aliphatic carbocycles. The van der Waals surface area contributed by atoms with E-state index >= 15 is 0 Å². The molecule has 8 heteroatoms. The summed E-state index contributed by atoms with van der Waals surface area (Å²) >= 11 is 0. The van der Waals surface area contributed by atoms with Crippen LogP contribution in [0.3, 0.4) is 0 Å². The van der Waals surface area contributed by atoms with Gasteiger partial charge in [0.25, 0.3) is 0 Å². The highest BCUT2D eigenvalue weighted by Gasteiger charge is 2.24. The van der Waals surface area contributed by atoms with Crippen molar-refractivity contribution in [3.63, 3.8) is 0 Å². The predicted octanol–water partition coefficient (Wildman–Crippen LogP) is 3.10. The van der Waals surface area contributed by atoms with Gasteiger partial charge in [0.2, 0.25) is 11.9 Å². The topological polar surface area (TPSA) is 92.6 Å². The molecule has 0 radical (unpaired) electrons. The minimum atomic E-state index is -0.740. The van der Waals surface area contributed by atoms with E-state index in [0.717, 1.165) is 37.4 Å². The minimum absolute atomic E-state index is 0.322. The third-order valence-corrected chi connectivity index (χ3v) is 4.82. The first-order chi connectivity index (χ1) is 13.0. The maximum Gasteiger partial charge on any atom is 0.234 e. The smallest absolute Gasteiger partial charge is 0.234 e. The molecule has 8 nitrogen and oxygen atoms in total. The lowest BCUT2D eigenvalue weighted by molar-refractivity contribution is 0.101. The summed E-state index contributed by atoms with van der Waals surface area (Å²) in [5, 5.41) is 12.6. The molecule has 0 saturated heterocycles. The Morgan fingerprint density at radius 3 is 2.56 bits per heavy atom. The summed E-state index contributed by atoms with van der Waals surface area (Å²) < 4.78 is 11.1. The van der Waals surface area contributed by atoms with Crippen molar-refractivity contribution >= 4 is 11.9 Å². The number of nitrogens with zero attached hydrogens (tertiary/aromatic N) is 4. The van der Waals surface area contributed by atoms with Crippen molar-refractivity contribution in [1.29, 1.82) is 0 Å². The number of anilines is 2. The molecule has 1 saturated carbocycles. The minimum Gasteiger partial charge on any atom is -0.374 e. The SMILES string of the molecule is CCCCOCN(COC)c1nc(NC(C)O)nc(C2CCC(C)CC2)n1. The van der Waals surface area contributed by atoms with E-state index < -0.39 is 6.23 Å². The van der Waals surface area contributed by atoms with Gasteiger partial charge >= 0.3 is 0 Å². The molecular formula is C19H35N5O3. The molecule has 1 aromatic rings. The van der Waals surface area contributed by atoms with Crippen LogP contribution < -0.4 is 10.2 Å². The van der Waals surface area contributed by atoms with E-state index in [1.165, 1.54) is 12.8 Å². The maximum absolute atomic E-state index is 9.70. The van der Waals surface area contributed by atoms with Gasteiger partial charge in [-0.2, -0.15) is 15.0 Å². The Bertz CT molecular complexity index is 550. The van der Waals surface area contributed by atoms with Crippen molar-refractivity contribution in [2.75, 3.05) is 37.4 Å². The fourth-order valence-corrected chi connectivity index (χ4v) is 3.20. The zero-order valence-corrected chi connectivity index (χ0v) is 17.1. The zero-order chi connectivity index (χ0) is 19.6. The van der Waals surface area contributed by atoms with Crippen LogP contribution in [0, 0.1) is 5.92 Å². The molecule has 0 aliphatic heterocycles. The molecule has 0 bridgehead atoms. The molecule has 1 heterocycles. The van der Waals surface area contributed by atoms with E-state index in [9.17, 15) is 5.11 Å². The Labute approximate surface area is 162 Å². The molecule has 1 unspecified atom stereocenters. The van der Waals surface area contributed by atoms with Crippen LogP contribution in [0.5, 0.6) is 0 Å². The molecule has 0 spiro atoms. The predicted molar refractivity (Wildman–Crippen MR) is 106 cm³/mol. The highest BCUT2D eigenvalue weighted by atomic mass is 16.5. The number of methoxy groups -OCH3 is 1. The average molecular weight is 382 g/mol. The zero-order valence-electron chi connectivity index (χ0n) is 17.1. The van der Waals surface area contributed by atoms with Gasteiger partial charge in [-0.25, -0.2) is 0 Å². The van der Waals surface area contributed by atoms with Crippen molar-refractivity contribution in [2.45, 2.75) is 71.4 Å².